The van der Waals surface area contributed by atoms with Crippen molar-refractivity contribution < 1.29 is 28.6 Å². The van der Waals surface area contributed by atoms with Crippen LogP contribution in [0.5, 0.6) is 11.5 Å². The van der Waals surface area contributed by atoms with Crippen molar-refractivity contribution in [3.63, 3.8) is 0 Å². The lowest BCUT2D eigenvalue weighted by Crippen LogP contribution is -2.29. The molecule has 150 valence electrons. The molecule has 0 aliphatic carbocycles. The minimum Gasteiger partial charge on any atom is -0.507 e. The highest BCUT2D eigenvalue weighted by molar-refractivity contribution is 7.10. The van der Waals surface area contributed by atoms with Crippen LogP contribution in [0.2, 0.25) is 0 Å². The molecule has 2 aliphatic heterocycles. The molecule has 0 radical (unpaired) electrons. The number of ketones is 1. The third-order valence-electron chi connectivity index (χ3n) is 4.99. The largest absolute Gasteiger partial charge is 0.507 e. The van der Waals surface area contributed by atoms with Gasteiger partial charge in [-0.15, -0.1) is 11.3 Å². The highest BCUT2D eigenvalue weighted by atomic mass is 32.1. The first-order valence-corrected chi connectivity index (χ1v) is 9.92. The maximum atomic E-state index is 13.9. The van der Waals surface area contributed by atoms with Gasteiger partial charge in [-0.05, 0) is 47.8 Å². The summed E-state index contributed by atoms with van der Waals surface area (Å²) in [4.78, 5) is 27.8. The Morgan fingerprint density at radius 2 is 1.90 bits per heavy atom. The molecular formula is C22H14FNO5S. The highest BCUT2D eigenvalue weighted by Gasteiger charge is 2.47. The highest BCUT2D eigenvalue weighted by Crippen LogP contribution is 2.44. The minimum atomic E-state index is -0.878. The maximum Gasteiger partial charge on any atom is 0.300 e. The summed E-state index contributed by atoms with van der Waals surface area (Å²) in [6.45, 7) is 0.0682. The summed E-state index contributed by atoms with van der Waals surface area (Å²) in [7, 11) is 0. The van der Waals surface area contributed by atoms with Crippen LogP contribution in [-0.2, 0) is 9.59 Å². The van der Waals surface area contributed by atoms with E-state index in [-0.39, 0.29) is 23.8 Å². The topological polar surface area (TPSA) is 76.1 Å². The van der Waals surface area contributed by atoms with E-state index < -0.39 is 23.5 Å². The Labute approximate surface area is 174 Å². The number of anilines is 1. The van der Waals surface area contributed by atoms with Crippen molar-refractivity contribution in [3.05, 3.63) is 81.8 Å². The van der Waals surface area contributed by atoms with Crippen LogP contribution in [0, 0.1) is 5.82 Å². The standard InChI is InChI=1S/C22H14FNO5S/c23-13-3-1-4-14(10-13)24-19(17-5-2-8-30-17)18(21(26)22(24)27)20(25)12-6-7-15-16(9-12)29-11-28-15/h1-10,19,25H,11H2/b20-18-. The van der Waals surface area contributed by atoms with Gasteiger partial charge < -0.3 is 14.6 Å². The summed E-state index contributed by atoms with van der Waals surface area (Å²) in [6.07, 6.45) is 0. The maximum absolute atomic E-state index is 13.9. The number of hydrogen-bond acceptors (Lipinski definition) is 6. The number of carbonyl (C=O) groups is 2. The van der Waals surface area contributed by atoms with E-state index in [1.165, 1.54) is 34.4 Å². The zero-order valence-corrected chi connectivity index (χ0v) is 16.2. The lowest BCUT2D eigenvalue weighted by Gasteiger charge is -2.24. The van der Waals surface area contributed by atoms with Crippen LogP contribution in [0.3, 0.4) is 0 Å². The molecule has 0 bridgehead atoms. The molecule has 0 spiro atoms. The number of aliphatic hydroxyl groups is 1. The molecule has 1 N–H and O–H groups in total. The van der Waals surface area contributed by atoms with Gasteiger partial charge in [-0.25, -0.2) is 4.39 Å². The normalized spacial score (nSPS) is 19.5. The molecule has 0 saturated carbocycles. The van der Waals surface area contributed by atoms with Crippen LogP contribution in [0.1, 0.15) is 16.5 Å². The van der Waals surface area contributed by atoms with Gasteiger partial charge in [0, 0.05) is 16.1 Å². The second-order valence-corrected chi connectivity index (χ2v) is 7.71. The molecule has 30 heavy (non-hydrogen) atoms. The lowest BCUT2D eigenvalue weighted by molar-refractivity contribution is -0.132. The Morgan fingerprint density at radius 1 is 1.07 bits per heavy atom. The van der Waals surface area contributed by atoms with Crippen LogP contribution in [0.25, 0.3) is 5.76 Å². The van der Waals surface area contributed by atoms with Crippen LogP contribution >= 0.6 is 11.3 Å². The number of Topliss-reactive ketones (excluding diaryl/α,β-unsaturated/α-hetero) is 1. The fraction of sp³-hybridized carbons (Fsp3) is 0.0909. The molecule has 6 nitrogen and oxygen atoms in total. The molecule has 1 aromatic heterocycles. The summed E-state index contributed by atoms with van der Waals surface area (Å²) >= 11 is 1.33. The van der Waals surface area contributed by atoms with Crippen molar-refractivity contribution in [1.29, 1.82) is 0 Å². The van der Waals surface area contributed by atoms with Crippen molar-refractivity contribution in [2.75, 3.05) is 11.7 Å². The predicted molar refractivity (Wildman–Crippen MR) is 108 cm³/mol. The number of hydrogen-bond donors (Lipinski definition) is 1. The first-order valence-electron chi connectivity index (χ1n) is 9.04. The van der Waals surface area contributed by atoms with Gasteiger partial charge in [0.1, 0.15) is 17.6 Å². The van der Waals surface area contributed by atoms with E-state index in [2.05, 4.69) is 0 Å². The molecule has 2 aliphatic rings. The monoisotopic (exact) mass is 423 g/mol. The Kier molecular flexibility index (Phi) is 4.29. The first-order chi connectivity index (χ1) is 14.5. The number of benzene rings is 2. The number of amides is 1. The smallest absolute Gasteiger partial charge is 0.300 e. The summed E-state index contributed by atoms with van der Waals surface area (Å²) in [5.41, 5.74) is 0.490. The third-order valence-corrected chi connectivity index (χ3v) is 5.91. The number of carbonyl (C=O) groups excluding carboxylic acids is 2. The fourth-order valence-electron chi connectivity index (χ4n) is 3.64. The second kappa shape index (κ2) is 7.00. The van der Waals surface area contributed by atoms with E-state index in [1.54, 1.807) is 36.4 Å². The predicted octanol–water partition coefficient (Wildman–Crippen LogP) is 4.24. The van der Waals surface area contributed by atoms with Gasteiger partial charge in [0.2, 0.25) is 6.79 Å². The van der Waals surface area contributed by atoms with Gasteiger partial charge in [-0.1, -0.05) is 12.1 Å². The average Bonchev–Trinajstić information content (AvgIpc) is 3.47. The number of aliphatic hydroxyl groups excluding tert-OH is 1. The molecule has 1 atom stereocenters. The van der Waals surface area contributed by atoms with Gasteiger partial charge >= 0.3 is 0 Å². The van der Waals surface area contributed by atoms with E-state index in [4.69, 9.17) is 9.47 Å². The number of thiophene rings is 1. The fourth-order valence-corrected chi connectivity index (χ4v) is 4.46. The Bertz CT molecular complexity index is 1200. The van der Waals surface area contributed by atoms with E-state index >= 15 is 0 Å². The summed E-state index contributed by atoms with van der Waals surface area (Å²) in [5, 5.41) is 12.8. The molecule has 1 unspecified atom stereocenters. The lowest BCUT2D eigenvalue weighted by atomic mass is 9.99. The number of halogens is 1. The van der Waals surface area contributed by atoms with E-state index in [1.807, 2.05) is 5.38 Å². The van der Waals surface area contributed by atoms with Crippen LogP contribution in [-0.4, -0.2) is 23.6 Å². The molecule has 8 heteroatoms. The van der Waals surface area contributed by atoms with Crippen molar-refractivity contribution in [1.82, 2.24) is 0 Å². The Balaban J connectivity index is 1.69. The van der Waals surface area contributed by atoms with Crippen molar-refractivity contribution in [2.24, 2.45) is 0 Å². The number of fused-ring (bicyclic) bond motifs is 1. The minimum absolute atomic E-state index is 0.0643. The molecule has 3 aromatic rings. The summed E-state index contributed by atoms with van der Waals surface area (Å²) in [5.74, 6) is -1.57. The third kappa shape index (κ3) is 2.84. The van der Waals surface area contributed by atoms with Crippen LogP contribution in [0.15, 0.2) is 65.6 Å². The van der Waals surface area contributed by atoms with E-state index in [0.717, 1.165) is 0 Å². The van der Waals surface area contributed by atoms with Crippen molar-refractivity contribution in [3.8, 4) is 11.5 Å². The van der Waals surface area contributed by atoms with Crippen LogP contribution < -0.4 is 14.4 Å². The Morgan fingerprint density at radius 3 is 2.67 bits per heavy atom. The van der Waals surface area contributed by atoms with E-state index in [0.29, 0.717) is 21.9 Å². The first kappa shape index (κ1) is 18.4. The van der Waals surface area contributed by atoms with Gasteiger partial charge in [0.15, 0.2) is 11.5 Å². The molecular weight excluding hydrogens is 409 g/mol. The molecule has 2 aromatic carbocycles. The van der Waals surface area contributed by atoms with Gasteiger partial charge in [0.05, 0.1) is 5.57 Å². The number of rotatable bonds is 3. The number of ether oxygens (including phenoxy) is 2. The Hall–Kier alpha value is -3.65. The molecule has 1 amide bonds. The molecule has 5 rings (SSSR count). The summed E-state index contributed by atoms with van der Waals surface area (Å²) < 4.78 is 24.5. The van der Waals surface area contributed by atoms with Crippen LogP contribution in [0.4, 0.5) is 10.1 Å². The molecule has 3 heterocycles. The quantitative estimate of drug-likeness (QED) is 0.387. The molecule has 1 fully saturated rings. The van der Waals surface area contributed by atoms with Gasteiger partial charge in [-0.2, -0.15) is 0 Å². The van der Waals surface area contributed by atoms with Crippen molar-refractivity contribution in [2.45, 2.75) is 6.04 Å². The van der Waals surface area contributed by atoms with Crippen molar-refractivity contribution >= 4 is 34.5 Å². The number of nitrogens with zero attached hydrogens (tertiary/aromatic N) is 1. The zero-order chi connectivity index (χ0) is 20.8. The zero-order valence-electron chi connectivity index (χ0n) is 15.4. The van der Waals surface area contributed by atoms with Gasteiger partial charge in [-0.3, -0.25) is 14.5 Å². The van der Waals surface area contributed by atoms with E-state index in [9.17, 15) is 19.1 Å². The SMILES string of the molecule is O=C1C(=O)N(c2cccc(F)c2)C(c2cccs2)/C1=C(/O)c1ccc2c(c1)OCO2. The average molecular weight is 423 g/mol. The molecule has 1 saturated heterocycles. The second-order valence-electron chi connectivity index (χ2n) is 6.73. The van der Waals surface area contributed by atoms with Gasteiger partial charge in [0.25, 0.3) is 11.7 Å². The summed E-state index contributed by atoms with van der Waals surface area (Å²) in [6, 6.07) is 12.9.